The summed E-state index contributed by atoms with van der Waals surface area (Å²) in [6.45, 7) is 4.56. The highest BCUT2D eigenvalue weighted by Gasteiger charge is 2.26. The Morgan fingerprint density at radius 3 is 3.00 bits per heavy atom. The van der Waals surface area contributed by atoms with Crippen molar-refractivity contribution in [1.82, 2.24) is 15.1 Å². The largest absolute Gasteiger partial charge is 0.379 e. The fourth-order valence-electron chi connectivity index (χ4n) is 2.13. The van der Waals surface area contributed by atoms with Crippen molar-refractivity contribution < 1.29 is 4.74 Å². The van der Waals surface area contributed by atoms with Crippen LogP contribution >= 0.6 is 0 Å². The highest BCUT2D eigenvalue weighted by Crippen LogP contribution is 2.15. The molecule has 2 heterocycles. The van der Waals surface area contributed by atoms with Gasteiger partial charge in [0.15, 0.2) is 0 Å². The molecule has 2 unspecified atom stereocenters. The molecule has 1 aliphatic heterocycles. The van der Waals surface area contributed by atoms with Gasteiger partial charge in [0.1, 0.15) is 5.82 Å². The van der Waals surface area contributed by atoms with Crippen LogP contribution in [0.15, 0.2) is 6.07 Å². The number of aryl methyl sites for hydroxylation is 2. The molecule has 16 heavy (non-hydrogen) atoms. The Morgan fingerprint density at radius 1 is 1.56 bits per heavy atom. The molecular weight excluding hydrogens is 204 g/mol. The first-order chi connectivity index (χ1) is 7.70. The molecule has 1 aromatic rings. The number of nitrogens with zero attached hydrogens (tertiary/aromatic N) is 2. The summed E-state index contributed by atoms with van der Waals surface area (Å²) in [4.78, 5) is 0. The van der Waals surface area contributed by atoms with Crippen LogP contribution in [0, 0.1) is 12.8 Å². The lowest BCUT2D eigenvalue weighted by atomic mass is 10.0. The molecule has 1 saturated heterocycles. The third-order valence-corrected chi connectivity index (χ3v) is 3.12. The van der Waals surface area contributed by atoms with E-state index in [1.54, 1.807) is 0 Å². The molecule has 0 spiro atoms. The lowest BCUT2D eigenvalue weighted by Gasteiger charge is -2.17. The summed E-state index contributed by atoms with van der Waals surface area (Å²) in [6, 6.07) is 2.52. The number of rotatable bonds is 4. The normalized spacial score (nSPS) is 24.9. The predicted octanol–water partition coefficient (Wildman–Crippen LogP) is 0.375. The minimum Gasteiger partial charge on any atom is -0.379 e. The number of ether oxygens (including phenoxy) is 1. The zero-order valence-electron chi connectivity index (χ0n) is 10.2. The molecule has 0 saturated carbocycles. The molecule has 5 nitrogen and oxygen atoms in total. The summed E-state index contributed by atoms with van der Waals surface area (Å²) < 4.78 is 7.33. The first kappa shape index (κ1) is 11.4. The third kappa shape index (κ3) is 2.36. The molecule has 0 aliphatic carbocycles. The van der Waals surface area contributed by atoms with Crippen LogP contribution in [0.5, 0.6) is 0 Å². The minimum atomic E-state index is 0.460. The van der Waals surface area contributed by atoms with E-state index in [0.29, 0.717) is 12.0 Å². The topological polar surface area (TPSA) is 51.1 Å². The number of likely N-dealkylation sites (N-methyl/N-ethyl adjacent to an activating group) is 1. The third-order valence-electron chi connectivity index (χ3n) is 3.12. The Morgan fingerprint density at radius 2 is 2.38 bits per heavy atom. The van der Waals surface area contributed by atoms with E-state index in [0.717, 1.165) is 31.3 Å². The maximum atomic E-state index is 5.46. The van der Waals surface area contributed by atoms with E-state index < -0.39 is 0 Å². The Labute approximate surface area is 96.2 Å². The van der Waals surface area contributed by atoms with Crippen LogP contribution in [-0.2, 0) is 11.8 Å². The average molecular weight is 224 g/mol. The Balaban J connectivity index is 1.89. The van der Waals surface area contributed by atoms with Crippen molar-refractivity contribution in [2.75, 3.05) is 32.1 Å². The molecule has 0 amide bonds. The molecule has 2 atom stereocenters. The summed E-state index contributed by atoms with van der Waals surface area (Å²) >= 11 is 0. The first-order valence-electron chi connectivity index (χ1n) is 5.70. The van der Waals surface area contributed by atoms with Crippen molar-refractivity contribution >= 4 is 5.82 Å². The fourth-order valence-corrected chi connectivity index (χ4v) is 2.13. The molecule has 0 radical (unpaired) electrons. The van der Waals surface area contributed by atoms with Gasteiger partial charge < -0.3 is 15.4 Å². The van der Waals surface area contributed by atoms with E-state index in [1.807, 2.05) is 25.7 Å². The lowest BCUT2D eigenvalue weighted by molar-refractivity contribution is 0.184. The second-order valence-corrected chi connectivity index (χ2v) is 4.37. The van der Waals surface area contributed by atoms with Gasteiger partial charge in [-0.25, -0.2) is 0 Å². The summed E-state index contributed by atoms with van der Waals surface area (Å²) in [5.74, 6) is 1.60. The van der Waals surface area contributed by atoms with Gasteiger partial charge in [0.05, 0.1) is 18.9 Å². The molecular formula is C11H20N4O. The van der Waals surface area contributed by atoms with E-state index in [1.165, 1.54) is 0 Å². The summed E-state index contributed by atoms with van der Waals surface area (Å²) in [5, 5.41) is 11.0. The van der Waals surface area contributed by atoms with Gasteiger partial charge in [0.25, 0.3) is 0 Å². The van der Waals surface area contributed by atoms with Crippen LogP contribution in [0.4, 0.5) is 5.82 Å². The molecule has 1 aromatic heterocycles. The quantitative estimate of drug-likeness (QED) is 0.776. The van der Waals surface area contributed by atoms with Crippen molar-refractivity contribution in [3.63, 3.8) is 0 Å². The zero-order valence-corrected chi connectivity index (χ0v) is 10.2. The first-order valence-corrected chi connectivity index (χ1v) is 5.70. The van der Waals surface area contributed by atoms with Crippen LogP contribution in [0.3, 0.4) is 0 Å². The van der Waals surface area contributed by atoms with Gasteiger partial charge in [-0.05, 0) is 14.0 Å². The van der Waals surface area contributed by atoms with E-state index in [2.05, 4.69) is 21.8 Å². The van der Waals surface area contributed by atoms with Gasteiger partial charge in [-0.1, -0.05) is 0 Å². The number of nitrogens with one attached hydrogen (secondary N) is 2. The SMILES string of the molecule is CNC1COCC1CNc1cc(C)nn1C. The van der Waals surface area contributed by atoms with Crippen LogP contribution < -0.4 is 10.6 Å². The fraction of sp³-hybridized carbons (Fsp3) is 0.727. The number of aromatic nitrogens is 2. The van der Waals surface area contributed by atoms with Crippen molar-refractivity contribution in [2.24, 2.45) is 13.0 Å². The van der Waals surface area contributed by atoms with Crippen molar-refractivity contribution in [3.05, 3.63) is 11.8 Å². The van der Waals surface area contributed by atoms with Gasteiger partial charge in [-0.15, -0.1) is 0 Å². The van der Waals surface area contributed by atoms with E-state index >= 15 is 0 Å². The maximum Gasteiger partial charge on any atom is 0.124 e. The summed E-state index contributed by atoms with van der Waals surface area (Å²) in [5.41, 5.74) is 1.04. The van der Waals surface area contributed by atoms with Crippen LogP contribution in [0.2, 0.25) is 0 Å². The Hall–Kier alpha value is -1.07. The molecule has 1 fully saturated rings. The summed E-state index contributed by atoms with van der Waals surface area (Å²) in [6.07, 6.45) is 0. The highest BCUT2D eigenvalue weighted by atomic mass is 16.5. The monoisotopic (exact) mass is 224 g/mol. The van der Waals surface area contributed by atoms with Gasteiger partial charge in [-0.2, -0.15) is 5.10 Å². The second kappa shape index (κ2) is 4.84. The molecule has 2 rings (SSSR count). The van der Waals surface area contributed by atoms with Crippen molar-refractivity contribution in [2.45, 2.75) is 13.0 Å². The maximum absolute atomic E-state index is 5.46. The molecule has 90 valence electrons. The molecule has 5 heteroatoms. The standard InChI is InChI=1S/C11H20N4O/c1-8-4-11(15(3)14-8)13-5-9-6-16-7-10(9)12-2/h4,9-10,12-13H,5-7H2,1-3H3. The van der Waals surface area contributed by atoms with Crippen LogP contribution in [-0.4, -0.2) is 42.6 Å². The Kier molecular flexibility index (Phi) is 3.46. The predicted molar refractivity (Wildman–Crippen MR) is 63.6 cm³/mol. The lowest BCUT2D eigenvalue weighted by Crippen LogP contribution is -2.36. The zero-order chi connectivity index (χ0) is 11.5. The number of hydrogen-bond donors (Lipinski definition) is 2. The molecule has 0 bridgehead atoms. The van der Waals surface area contributed by atoms with Gasteiger partial charge >= 0.3 is 0 Å². The van der Waals surface area contributed by atoms with E-state index in [-0.39, 0.29) is 0 Å². The van der Waals surface area contributed by atoms with Gasteiger partial charge in [0, 0.05) is 31.6 Å². The number of hydrogen-bond acceptors (Lipinski definition) is 4. The number of anilines is 1. The molecule has 2 N–H and O–H groups in total. The average Bonchev–Trinajstić information content (AvgIpc) is 2.81. The van der Waals surface area contributed by atoms with Crippen molar-refractivity contribution in [1.29, 1.82) is 0 Å². The van der Waals surface area contributed by atoms with E-state index in [4.69, 9.17) is 4.74 Å². The minimum absolute atomic E-state index is 0.460. The summed E-state index contributed by atoms with van der Waals surface area (Å²) in [7, 11) is 3.94. The smallest absolute Gasteiger partial charge is 0.124 e. The molecule has 0 aromatic carbocycles. The van der Waals surface area contributed by atoms with Crippen molar-refractivity contribution in [3.8, 4) is 0 Å². The molecule has 1 aliphatic rings. The van der Waals surface area contributed by atoms with E-state index in [9.17, 15) is 0 Å². The van der Waals surface area contributed by atoms with Gasteiger partial charge in [0.2, 0.25) is 0 Å². The second-order valence-electron chi connectivity index (χ2n) is 4.37. The Bertz CT molecular complexity index is 350. The van der Waals surface area contributed by atoms with Crippen LogP contribution in [0.1, 0.15) is 5.69 Å². The van der Waals surface area contributed by atoms with Crippen LogP contribution in [0.25, 0.3) is 0 Å². The highest BCUT2D eigenvalue weighted by molar-refractivity contribution is 5.36. The van der Waals surface area contributed by atoms with Gasteiger partial charge in [-0.3, -0.25) is 4.68 Å².